The summed E-state index contributed by atoms with van der Waals surface area (Å²) in [5.41, 5.74) is 3.41. The maximum absolute atomic E-state index is 5.81. The summed E-state index contributed by atoms with van der Waals surface area (Å²) in [5, 5.41) is 4.34. The van der Waals surface area contributed by atoms with Gasteiger partial charge in [-0.05, 0) is 49.2 Å². The maximum atomic E-state index is 5.81. The van der Waals surface area contributed by atoms with E-state index in [4.69, 9.17) is 4.74 Å². The Labute approximate surface area is 118 Å². The van der Waals surface area contributed by atoms with Crippen molar-refractivity contribution >= 4 is 0 Å². The van der Waals surface area contributed by atoms with Crippen LogP contribution in [0.15, 0.2) is 60.9 Å². The molecule has 0 radical (unpaired) electrons. The third-order valence-electron chi connectivity index (χ3n) is 3.05. The van der Waals surface area contributed by atoms with Crippen LogP contribution >= 0.6 is 0 Å². The molecule has 3 nitrogen and oxygen atoms in total. The van der Waals surface area contributed by atoms with Crippen molar-refractivity contribution in [1.82, 2.24) is 9.78 Å². The molecule has 0 N–H and O–H groups in total. The highest BCUT2D eigenvalue weighted by Crippen LogP contribution is 2.22. The Morgan fingerprint density at radius 3 is 2.40 bits per heavy atom. The molecule has 0 saturated carbocycles. The summed E-state index contributed by atoms with van der Waals surface area (Å²) in [6.07, 6.45) is 3.61. The molecular weight excluding hydrogens is 248 g/mol. The first-order valence-corrected chi connectivity index (χ1v) is 6.57. The summed E-state index contributed by atoms with van der Waals surface area (Å²) >= 11 is 0. The molecule has 1 aromatic heterocycles. The van der Waals surface area contributed by atoms with Gasteiger partial charge in [0.1, 0.15) is 5.75 Å². The molecule has 0 atom stereocenters. The van der Waals surface area contributed by atoms with E-state index >= 15 is 0 Å². The van der Waals surface area contributed by atoms with Crippen LogP contribution in [-0.4, -0.2) is 9.78 Å². The van der Waals surface area contributed by atoms with Gasteiger partial charge in [-0.3, -0.25) is 0 Å². The summed E-state index contributed by atoms with van der Waals surface area (Å²) < 4.78 is 7.63. The Balaban J connectivity index is 1.84. The summed E-state index contributed by atoms with van der Waals surface area (Å²) in [6.45, 7) is 4.11. The average molecular weight is 264 g/mol. The highest BCUT2D eigenvalue weighted by molar-refractivity contribution is 5.37. The van der Waals surface area contributed by atoms with Crippen LogP contribution in [0.1, 0.15) is 11.1 Å². The Morgan fingerprint density at radius 1 is 0.900 bits per heavy atom. The first-order valence-electron chi connectivity index (χ1n) is 6.57. The number of hydrogen-bond donors (Lipinski definition) is 0. The quantitative estimate of drug-likeness (QED) is 0.706. The highest BCUT2D eigenvalue weighted by Gasteiger charge is 2.03. The minimum atomic E-state index is 0.733. The summed E-state index contributed by atoms with van der Waals surface area (Å²) in [7, 11) is 0. The van der Waals surface area contributed by atoms with Crippen molar-refractivity contribution in [2.24, 2.45) is 0 Å². The number of hydrogen-bond acceptors (Lipinski definition) is 2. The van der Waals surface area contributed by atoms with Gasteiger partial charge in [-0.1, -0.05) is 24.3 Å². The molecule has 0 aliphatic carbocycles. The van der Waals surface area contributed by atoms with E-state index < -0.39 is 0 Å². The standard InChI is InChI=1S/C17H16N2O/c1-13-5-3-7-15(9-13)19-12-17(11-18-19)20-16-8-4-6-14(2)10-16/h3-12H,1-2H3. The van der Waals surface area contributed by atoms with Crippen molar-refractivity contribution in [2.45, 2.75) is 13.8 Å². The molecular formula is C17H16N2O. The monoisotopic (exact) mass is 264 g/mol. The minimum absolute atomic E-state index is 0.733. The summed E-state index contributed by atoms with van der Waals surface area (Å²) in [5.74, 6) is 1.56. The summed E-state index contributed by atoms with van der Waals surface area (Å²) in [4.78, 5) is 0. The van der Waals surface area contributed by atoms with Crippen molar-refractivity contribution in [3.8, 4) is 17.2 Å². The van der Waals surface area contributed by atoms with E-state index in [0.29, 0.717) is 0 Å². The van der Waals surface area contributed by atoms with E-state index in [-0.39, 0.29) is 0 Å². The van der Waals surface area contributed by atoms with Crippen molar-refractivity contribution in [2.75, 3.05) is 0 Å². The van der Waals surface area contributed by atoms with Crippen molar-refractivity contribution in [1.29, 1.82) is 0 Å². The van der Waals surface area contributed by atoms with E-state index in [0.717, 1.165) is 17.2 Å². The van der Waals surface area contributed by atoms with Gasteiger partial charge in [0.15, 0.2) is 5.75 Å². The largest absolute Gasteiger partial charge is 0.454 e. The fourth-order valence-electron chi connectivity index (χ4n) is 2.09. The minimum Gasteiger partial charge on any atom is -0.454 e. The van der Waals surface area contributed by atoms with Crippen molar-refractivity contribution in [3.05, 3.63) is 72.1 Å². The van der Waals surface area contributed by atoms with Crippen LogP contribution in [0.5, 0.6) is 11.5 Å². The van der Waals surface area contributed by atoms with E-state index in [9.17, 15) is 0 Å². The molecule has 3 aromatic rings. The molecule has 100 valence electrons. The molecule has 0 fully saturated rings. The van der Waals surface area contributed by atoms with Crippen LogP contribution in [-0.2, 0) is 0 Å². The second-order valence-electron chi connectivity index (χ2n) is 4.88. The van der Waals surface area contributed by atoms with Crippen LogP contribution < -0.4 is 4.74 Å². The van der Waals surface area contributed by atoms with Gasteiger partial charge >= 0.3 is 0 Å². The van der Waals surface area contributed by atoms with Crippen LogP contribution in [0.25, 0.3) is 5.69 Å². The first kappa shape index (κ1) is 12.5. The van der Waals surface area contributed by atoms with Crippen molar-refractivity contribution < 1.29 is 4.74 Å². The van der Waals surface area contributed by atoms with E-state index in [1.165, 1.54) is 11.1 Å². The van der Waals surface area contributed by atoms with Crippen LogP contribution in [0.4, 0.5) is 0 Å². The molecule has 0 saturated heterocycles. The van der Waals surface area contributed by atoms with Gasteiger partial charge < -0.3 is 4.74 Å². The van der Waals surface area contributed by atoms with Gasteiger partial charge in [0.25, 0.3) is 0 Å². The Kier molecular flexibility index (Phi) is 3.25. The Morgan fingerprint density at radius 2 is 1.65 bits per heavy atom. The van der Waals surface area contributed by atoms with Gasteiger partial charge in [-0.15, -0.1) is 0 Å². The molecule has 2 aromatic carbocycles. The smallest absolute Gasteiger partial charge is 0.165 e. The normalized spacial score (nSPS) is 10.5. The number of benzene rings is 2. The van der Waals surface area contributed by atoms with Gasteiger partial charge in [0, 0.05) is 0 Å². The second kappa shape index (κ2) is 5.21. The fourth-order valence-corrected chi connectivity index (χ4v) is 2.09. The second-order valence-corrected chi connectivity index (χ2v) is 4.88. The zero-order valence-electron chi connectivity index (χ0n) is 11.6. The topological polar surface area (TPSA) is 27.1 Å². The molecule has 1 heterocycles. The van der Waals surface area contributed by atoms with Crippen LogP contribution in [0.2, 0.25) is 0 Å². The Bertz CT molecular complexity index is 731. The molecule has 3 rings (SSSR count). The molecule has 0 aliphatic heterocycles. The van der Waals surface area contributed by atoms with E-state index in [1.807, 2.05) is 54.2 Å². The number of nitrogens with zero attached hydrogens (tertiary/aromatic N) is 2. The zero-order valence-corrected chi connectivity index (χ0v) is 11.6. The predicted molar refractivity (Wildman–Crippen MR) is 79.6 cm³/mol. The number of aryl methyl sites for hydroxylation is 2. The zero-order chi connectivity index (χ0) is 13.9. The number of ether oxygens (including phenoxy) is 1. The van der Waals surface area contributed by atoms with Crippen molar-refractivity contribution in [3.63, 3.8) is 0 Å². The Hall–Kier alpha value is -2.55. The number of aromatic nitrogens is 2. The first-order chi connectivity index (χ1) is 9.70. The lowest BCUT2D eigenvalue weighted by atomic mass is 10.2. The predicted octanol–water partition coefficient (Wildman–Crippen LogP) is 4.28. The van der Waals surface area contributed by atoms with Gasteiger partial charge in [-0.2, -0.15) is 5.10 Å². The van der Waals surface area contributed by atoms with Crippen LogP contribution in [0, 0.1) is 13.8 Å². The molecule has 0 unspecified atom stereocenters. The van der Waals surface area contributed by atoms with Crippen LogP contribution in [0.3, 0.4) is 0 Å². The fraction of sp³-hybridized carbons (Fsp3) is 0.118. The average Bonchev–Trinajstić information content (AvgIpc) is 2.87. The van der Waals surface area contributed by atoms with Gasteiger partial charge in [-0.25, -0.2) is 4.68 Å². The van der Waals surface area contributed by atoms with Gasteiger partial charge in [0.2, 0.25) is 0 Å². The summed E-state index contributed by atoms with van der Waals surface area (Å²) in [6, 6.07) is 16.2. The molecule has 0 aliphatic rings. The molecule has 0 bridgehead atoms. The maximum Gasteiger partial charge on any atom is 0.165 e. The lowest BCUT2D eigenvalue weighted by Gasteiger charge is -2.03. The third kappa shape index (κ3) is 2.72. The van der Waals surface area contributed by atoms with E-state index in [2.05, 4.69) is 24.2 Å². The SMILES string of the molecule is Cc1cccc(Oc2cnn(-c3cccc(C)c3)c2)c1. The molecule has 20 heavy (non-hydrogen) atoms. The third-order valence-corrected chi connectivity index (χ3v) is 3.05. The van der Waals surface area contributed by atoms with E-state index in [1.54, 1.807) is 6.20 Å². The lowest BCUT2D eigenvalue weighted by Crippen LogP contribution is -1.93. The van der Waals surface area contributed by atoms with Gasteiger partial charge in [0.05, 0.1) is 18.1 Å². The molecule has 0 spiro atoms. The number of rotatable bonds is 3. The molecule has 0 amide bonds. The highest BCUT2D eigenvalue weighted by atomic mass is 16.5. The molecule has 3 heteroatoms. The lowest BCUT2D eigenvalue weighted by molar-refractivity contribution is 0.482.